The summed E-state index contributed by atoms with van der Waals surface area (Å²) in [7, 11) is 1.73. The van der Waals surface area contributed by atoms with E-state index in [9.17, 15) is 0 Å². The number of benzene rings is 1. The quantitative estimate of drug-likeness (QED) is 0.721. The van der Waals surface area contributed by atoms with E-state index in [4.69, 9.17) is 4.74 Å². The van der Waals surface area contributed by atoms with Crippen molar-refractivity contribution in [3.8, 4) is 0 Å². The number of hydrogen-bond acceptors (Lipinski definition) is 1. The maximum Gasteiger partial charge on any atom is 0.0641 e. The molecule has 0 amide bonds. The summed E-state index contributed by atoms with van der Waals surface area (Å²) in [5, 5.41) is 1.28. The van der Waals surface area contributed by atoms with Gasteiger partial charge in [0.15, 0.2) is 0 Å². The lowest BCUT2D eigenvalue weighted by atomic mass is 10.2. The molecular weight excluding hydrogens is 174 g/mol. The van der Waals surface area contributed by atoms with Crippen LogP contribution in [-0.2, 0) is 11.3 Å². The summed E-state index contributed by atoms with van der Waals surface area (Å²) in [5.74, 6) is 0. The van der Waals surface area contributed by atoms with Crippen molar-refractivity contribution in [2.75, 3.05) is 13.7 Å². The lowest BCUT2D eigenvalue weighted by Crippen LogP contribution is -2.02. The van der Waals surface area contributed by atoms with Gasteiger partial charge >= 0.3 is 0 Å². The predicted molar refractivity (Wildman–Crippen MR) is 57.4 cm³/mol. The Morgan fingerprint density at radius 2 is 2.36 bits per heavy atom. The van der Waals surface area contributed by atoms with E-state index in [1.54, 1.807) is 7.11 Å². The minimum Gasteiger partial charge on any atom is -0.383 e. The first-order valence-corrected chi connectivity index (χ1v) is 4.77. The zero-order valence-electron chi connectivity index (χ0n) is 8.58. The summed E-state index contributed by atoms with van der Waals surface area (Å²) in [6.07, 6.45) is 2.16. The topological polar surface area (TPSA) is 14.2 Å². The van der Waals surface area contributed by atoms with Crippen molar-refractivity contribution in [1.29, 1.82) is 0 Å². The van der Waals surface area contributed by atoms with Crippen LogP contribution in [0.15, 0.2) is 24.4 Å². The molecular formula is C12H14NO. The van der Waals surface area contributed by atoms with Gasteiger partial charge in [-0.2, -0.15) is 0 Å². The Morgan fingerprint density at radius 1 is 1.50 bits per heavy atom. The average molecular weight is 188 g/mol. The van der Waals surface area contributed by atoms with Gasteiger partial charge in [-0.1, -0.05) is 6.07 Å². The van der Waals surface area contributed by atoms with E-state index in [-0.39, 0.29) is 0 Å². The first-order valence-electron chi connectivity index (χ1n) is 4.77. The third-order valence-corrected chi connectivity index (χ3v) is 2.46. The highest BCUT2D eigenvalue weighted by Crippen LogP contribution is 2.19. The molecule has 0 saturated carbocycles. The third kappa shape index (κ3) is 1.53. The van der Waals surface area contributed by atoms with Gasteiger partial charge in [0.05, 0.1) is 6.61 Å². The molecule has 0 fully saturated rings. The molecule has 0 N–H and O–H groups in total. The number of rotatable bonds is 3. The molecule has 73 valence electrons. The van der Waals surface area contributed by atoms with Crippen LogP contribution in [0.2, 0.25) is 0 Å². The highest BCUT2D eigenvalue weighted by Gasteiger charge is 2.03. The zero-order valence-corrected chi connectivity index (χ0v) is 8.58. The van der Waals surface area contributed by atoms with Crippen molar-refractivity contribution < 1.29 is 4.74 Å². The molecule has 14 heavy (non-hydrogen) atoms. The molecule has 1 aromatic carbocycles. The number of fused-ring (bicyclic) bond motifs is 1. The first kappa shape index (κ1) is 9.28. The van der Waals surface area contributed by atoms with Crippen LogP contribution in [0.3, 0.4) is 0 Å². The fourth-order valence-electron chi connectivity index (χ4n) is 1.74. The Kier molecular flexibility index (Phi) is 2.55. The second-order valence-corrected chi connectivity index (χ2v) is 3.44. The average Bonchev–Trinajstić information content (AvgIpc) is 2.54. The molecule has 1 radical (unpaired) electrons. The number of aromatic nitrogens is 1. The minimum absolute atomic E-state index is 0.752. The van der Waals surface area contributed by atoms with E-state index >= 15 is 0 Å². The van der Waals surface area contributed by atoms with Gasteiger partial charge in [0.1, 0.15) is 0 Å². The molecule has 0 bridgehead atoms. The fraction of sp³-hybridized carbons (Fsp3) is 0.333. The lowest BCUT2D eigenvalue weighted by Gasteiger charge is -2.03. The molecule has 0 aliphatic rings. The van der Waals surface area contributed by atoms with Crippen LogP contribution < -0.4 is 0 Å². The van der Waals surface area contributed by atoms with Crippen LogP contribution in [0, 0.1) is 13.0 Å². The second-order valence-electron chi connectivity index (χ2n) is 3.44. The second kappa shape index (κ2) is 3.84. The van der Waals surface area contributed by atoms with E-state index in [1.165, 1.54) is 16.5 Å². The number of ether oxygens (including phenoxy) is 1. The lowest BCUT2D eigenvalue weighted by molar-refractivity contribution is 0.188. The van der Waals surface area contributed by atoms with E-state index in [0.29, 0.717) is 0 Å². The largest absolute Gasteiger partial charge is 0.383 e. The molecule has 0 saturated heterocycles. The van der Waals surface area contributed by atoms with Gasteiger partial charge < -0.3 is 9.30 Å². The van der Waals surface area contributed by atoms with Gasteiger partial charge in [0, 0.05) is 30.8 Å². The smallest absolute Gasteiger partial charge is 0.0641 e. The Balaban J connectivity index is 2.44. The van der Waals surface area contributed by atoms with E-state index in [2.05, 4.69) is 29.8 Å². The summed E-state index contributed by atoms with van der Waals surface area (Å²) >= 11 is 0. The van der Waals surface area contributed by atoms with Crippen molar-refractivity contribution in [1.82, 2.24) is 4.57 Å². The maximum absolute atomic E-state index is 5.08. The molecule has 2 nitrogen and oxygen atoms in total. The summed E-state index contributed by atoms with van der Waals surface area (Å²) < 4.78 is 7.30. The third-order valence-electron chi connectivity index (χ3n) is 2.46. The number of hydrogen-bond donors (Lipinski definition) is 0. The van der Waals surface area contributed by atoms with Crippen molar-refractivity contribution in [2.24, 2.45) is 0 Å². The maximum atomic E-state index is 5.08. The van der Waals surface area contributed by atoms with E-state index < -0.39 is 0 Å². The van der Waals surface area contributed by atoms with Gasteiger partial charge in [0.25, 0.3) is 0 Å². The summed E-state index contributed by atoms with van der Waals surface area (Å²) in [4.78, 5) is 0. The summed E-state index contributed by atoms with van der Waals surface area (Å²) in [5.41, 5.74) is 2.56. The minimum atomic E-state index is 0.752. The molecule has 0 unspecified atom stereocenters. The van der Waals surface area contributed by atoms with Gasteiger partial charge in [-0.15, -0.1) is 0 Å². The fourth-order valence-corrected chi connectivity index (χ4v) is 1.74. The zero-order chi connectivity index (χ0) is 9.97. The monoisotopic (exact) mass is 188 g/mol. The Bertz CT molecular complexity index is 431. The molecule has 2 rings (SSSR count). The molecule has 0 aliphatic heterocycles. The van der Waals surface area contributed by atoms with Crippen molar-refractivity contribution in [3.63, 3.8) is 0 Å². The van der Waals surface area contributed by atoms with Crippen molar-refractivity contribution in [2.45, 2.75) is 13.5 Å². The van der Waals surface area contributed by atoms with Gasteiger partial charge in [-0.3, -0.25) is 0 Å². The van der Waals surface area contributed by atoms with Crippen LogP contribution in [0.25, 0.3) is 10.9 Å². The molecule has 0 atom stereocenters. The van der Waals surface area contributed by atoms with E-state index in [1.807, 2.05) is 12.1 Å². The Hall–Kier alpha value is -1.28. The Morgan fingerprint density at radius 3 is 3.14 bits per heavy atom. The standard InChI is InChI=1S/C12H14NO/c1-10-9-13(7-8-14-2)12-6-4-3-5-11(10)12/h4-6,9H,7-8H2,1-2H3. The molecule has 1 heterocycles. The van der Waals surface area contributed by atoms with Crippen LogP contribution >= 0.6 is 0 Å². The molecule has 2 aromatic rings. The van der Waals surface area contributed by atoms with Crippen LogP contribution in [0.1, 0.15) is 5.56 Å². The summed E-state index contributed by atoms with van der Waals surface area (Å²) in [6.45, 7) is 3.78. The van der Waals surface area contributed by atoms with Crippen molar-refractivity contribution >= 4 is 10.9 Å². The first-order chi connectivity index (χ1) is 6.83. The predicted octanol–water partition coefficient (Wildman–Crippen LogP) is 2.40. The van der Waals surface area contributed by atoms with Crippen molar-refractivity contribution in [3.05, 3.63) is 36.0 Å². The highest BCUT2D eigenvalue weighted by molar-refractivity contribution is 5.83. The molecule has 0 aliphatic carbocycles. The Labute approximate surface area is 84.1 Å². The SMILES string of the molecule is COCCn1cc(C)c2c[c]ccc21. The highest BCUT2D eigenvalue weighted by atomic mass is 16.5. The van der Waals surface area contributed by atoms with Gasteiger partial charge in [-0.25, -0.2) is 0 Å². The van der Waals surface area contributed by atoms with Crippen LogP contribution in [0.5, 0.6) is 0 Å². The van der Waals surface area contributed by atoms with Crippen LogP contribution in [0.4, 0.5) is 0 Å². The van der Waals surface area contributed by atoms with Crippen LogP contribution in [-0.4, -0.2) is 18.3 Å². The van der Waals surface area contributed by atoms with Gasteiger partial charge in [0.2, 0.25) is 0 Å². The van der Waals surface area contributed by atoms with E-state index in [0.717, 1.165) is 13.2 Å². The molecule has 2 heteroatoms. The number of methoxy groups -OCH3 is 1. The molecule has 0 spiro atoms. The number of nitrogens with zero attached hydrogens (tertiary/aromatic N) is 1. The summed E-state index contributed by atoms with van der Waals surface area (Å²) in [6, 6.07) is 9.18. The normalized spacial score (nSPS) is 11.0. The number of aryl methyl sites for hydroxylation is 1. The van der Waals surface area contributed by atoms with Gasteiger partial charge in [-0.05, 0) is 30.7 Å². The molecule has 1 aromatic heterocycles.